The van der Waals surface area contributed by atoms with E-state index in [1.54, 1.807) is 17.8 Å². The van der Waals surface area contributed by atoms with Gasteiger partial charge in [-0.25, -0.2) is 0 Å². The topological polar surface area (TPSA) is 54.9 Å². The summed E-state index contributed by atoms with van der Waals surface area (Å²) >= 11 is 9.07. The first-order chi connectivity index (χ1) is 12.2. The summed E-state index contributed by atoms with van der Waals surface area (Å²) < 4.78 is 0.802. The molecule has 1 unspecified atom stereocenters. The van der Waals surface area contributed by atoms with Crippen molar-refractivity contribution in [3.05, 3.63) is 59.2 Å². The maximum atomic E-state index is 12.0. The molecule has 7 heteroatoms. The first-order valence-electron chi connectivity index (χ1n) is 8.04. The van der Waals surface area contributed by atoms with Gasteiger partial charge in [-0.2, -0.15) is 0 Å². The summed E-state index contributed by atoms with van der Waals surface area (Å²) in [6, 6.07) is 7.73. The first-order valence-corrected chi connectivity index (χ1v) is 10.2. The summed E-state index contributed by atoms with van der Waals surface area (Å²) in [4.78, 5) is 12.0. The minimum atomic E-state index is -0.159. The molecule has 1 amide bonds. The second-order valence-corrected chi connectivity index (χ2v) is 8.25. The smallest absolute Gasteiger partial charge is 0.249 e. The summed E-state index contributed by atoms with van der Waals surface area (Å²) in [7, 11) is 0. The van der Waals surface area contributed by atoms with E-state index in [0.29, 0.717) is 11.0 Å². The molecule has 0 fully saturated rings. The molecule has 0 aliphatic heterocycles. The van der Waals surface area contributed by atoms with Gasteiger partial charge in [0, 0.05) is 10.8 Å². The number of carbonyl (C=O) groups is 1. The number of halogens is 1. The monoisotopic (exact) mass is 391 g/mol. The third kappa shape index (κ3) is 5.70. The molecule has 1 N–H and O–H groups in total. The Labute approximate surface area is 160 Å². The summed E-state index contributed by atoms with van der Waals surface area (Å²) in [6.45, 7) is 0. The first kappa shape index (κ1) is 18.2. The maximum absolute atomic E-state index is 12.0. The number of thioether (sulfide) groups is 1. The zero-order valence-corrected chi connectivity index (χ0v) is 15.9. The van der Waals surface area contributed by atoms with Crippen LogP contribution in [0.25, 0.3) is 0 Å². The Bertz CT molecular complexity index is 788. The molecule has 1 atom stereocenters. The van der Waals surface area contributed by atoms with E-state index in [-0.39, 0.29) is 5.91 Å². The quantitative estimate of drug-likeness (QED) is 0.312. The van der Waals surface area contributed by atoms with Crippen molar-refractivity contribution in [3.8, 4) is 0 Å². The molecule has 0 spiro atoms. The molecule has 0 saturated carbocycles. The maximum Gasteiger partial charge on any atom is 0.249 e. The van der Waals surface area contributed by atoms with Gasteiger partial charge >= 0.3 is 0 Å². The van der Waals surface area contributed by atoms with Gasteiger partial charge in [-0.3, -0.25) is 10.1 Å². The van der Waals surface area contributed by atoms with Crippen molar-refractivity contribution in [1.29, 1.82) is 0 Å². The van der Waals surface area contributed by atoms with Crippen LogP contribution in [0.1, 0.15) is 24.8 Å². The third-order valence-corrected chi connectivity index (χ3v) is 6.16. The number of hydrogen-bond acceptors (Lipinski definition) is 5. The summed E-state index contributed by atoms with van der Waals surface area (Å²) in [5.41, 5.74) is 1.06. The van der Waals surface area contributed by atoms with E-state index in [9.17, 15) is 4.79 Å². The largest absolute Gasteiger partial charge is 0.297 e. The highest BCUT2D eigenvalue weighted by molar-refractivity contribution is 8.00. The predicted octanol–water partition coefficient (Wildman–Crippen LogP) is 5.33. The number of benzene rings is 1. The number of nitrogens with one attached hydrogen (secondary N) is 1. The van der Waals surface area contributed by atoms with Crippen molar-refractivity contribution in [1.82, 2.24) is 10.2 Å². The molecular formula is C18H18ClN3OS2. The normalized spacial score (nSPS) is 17.1. The van der Waals surface area contributed by atoms with Crippen molar-refractivity contribution in [2.75, 3.05) is 5.32 Å². The Kier molecular flexibility index (Phi) is 6.67. The third-order valence-electron chi connectivity index (χ3n) is 3.77. The highest BCUT2D eigenvalue weighted by atomic mass is 35.5. The fourth-order valence-electron chi connectivity index (χ4n) is 2.44. The van der Waals surface area contributed by atoms with Crippen LogP contribution in [0.3, 0.4) is 0 Å². The Morgan fingerprint density at radius 1 is 1.36 bits per heavy atom. The zero-order chi connectivity index (χ0) is 17.5. The average molecular weight is 392 g/mol. The molecule has 0 radical (unpaired) electrons. The van der Waals surface area contributed by atoms with Crippen LogP contribution in [0.4, 0.5) is 5.13 Å². The lowest BCUT2D eigenvalue weighted by Gasteiger charge is -2.12. The summed E-state index contributed by atoms with van der Waals surface area (Å²) in [5, 5.41) is 12.2. The molecule has 0 bridgehead atoms. The van der Waals surface area contributed by atoms with Gasteiger partial charge in [0.25, 0.3) is 0 Å². The van der Waals surface area contributed by atoms with Crippen molar-refractivity contribution in [2.24, 2.45) is 5.92 Å². The lowest BCUT2D eigenvalue weighted by atomic mass is 9.94. The van der Waals surface area contributed by atoms with Gasteiger partial charge in [-0.05, 0) is 42.9 Å². The Hall–Kier alpha value is -1.63. The molecule has 3 rings (SSSR count). The Balaban J connectivity index is 1.49. The average Bonchev–Trinajstić information content (AvgIpc) is 3.07. The Morgan fingerprint density at radius 3 is 3.04 bits per heavy atom. The van der Waals surface area contributed by atoms with Crippen molar-refractivity contribution < 1.29 is 4.79 Å². The van der Waals surface area contributed by atoms with Gasteiger partial charge < -0.3 is 0 Å². The van der Waals surface area contributed by atoms with E-state index >= 15 is 0 Å². The lowest BCUT2D eigenvalue weighted by Crippen LogP contribution is -2.09. The number of carbonyl (C=O) groups excluding carboxylic acids is 1. The van der Waals surface area contributed by atoms with Crippen LogP contribution in [-0.4, -0.2) is 16.1 Å². The predicted molar refractivity (Wildman–Crippen MR) is 105 cm³/mol. The number of anilines is 1. The molecule has 1 aromatic carbocycles. The van der Waals surface area contributed by atoms with E-state index in [1.807, 2.05) is 30.3 Å². The second-order valence-electron chi connectivity index (χ2n) is 5.65. The molecular weight excluding hydrogens is 374 g/mol. The van der Waals surface area contributed by atoms with Crippen LogP contribution in [-0.2, 0) is 10.5 Å². The molecule has 2 aromatic rings. The van der Waals surface area contributed by atoms with E-state index in [2.05, 4.69) is 27.7 Å². The number of rotatable bonds is 6. The van der Waals surface area contributed by atoms with E-state index in [4.69, 9.17) is 11.6 Å². The highest BCUT2D eigenvalue weighted by Gasteiger charge is 2.10. The summed E-state index contributed by atoms with van der Waals surface area (Å²) in [6.07, 6.45) is 11.1. The minimum absolute atomic E-state index is 0.159. The number of aromatic nitrogens is 2. The summed E-state index contributed by atoms with van der Waals surface area (Å²) in [5.74, 6) is 1.01. The minimum Gasteiger partial charge on any atom is -0.297 e. The molecule has 1 aliphatic carbocycles. The Morgan fingerprint density at radius 2 is 2.24 bits per heavy atom. The van der Waals surface area contributed by atoms with Crippen molar-refractivity contribution in [3.63, 3.8) is 0 Å². The molecule has 1 aromatic heterocycles. The number of amides is 1. The van der Waals surface area contributed by atoms with Crippen LogP contribution in [0.15, 0.2) is 52.9 Å². The fourth-order valence-corrected chi connectivity index (χ4v) is 4.48. The van der Waals surface area contributed by atoms with Gasteiger partial charge in [-0.1, -0.05) is 71.1 Å². The van der Waals surface area contributed by atoms with E-state index in [0.717, 1.165) is 39.9 Å². The molecule has 0 saturated heterocycles. The standard InChI is InChI=1S/C18H18ClN3OS2/c19-15-9-5-4-8-14(15)12-24-18-22-21-17(25-18)20-16(23)11-10-13-6-2-1-3-7-13/h1-2,4-5,8-11,13H,3,6-7,12H2,(H,20,21,23). The van der Waals surface area contributed by atoms with Crippen LogP contribution in [0, 0.1) is 5.92 Å². The second kappa shape index (κ2) is 9.17. The van der Waals surface area contributed by atoms with Crippen LogP contribution < -0.4 is 5.32 Å². The SMILES string of the molecule is O=C(C=CC1CC=CCC1)Nc1nnc(SCc2ccccc2Cl)s1. The van der Waals surface area contributed by atoms with Crippen molar-refractivity contribution in [2.45, 2.75) is 29.4 Å². The molecule has 130 valence electrons. The van der Waals surface area contributed by atoms with Crippen LogP contribution >= 0.6 is 34.7 Å². The zero-order valence-electron chi connectivity index (χ0n) is 13.5. The number of hydrogen-bond donors (Lipinski definition) is 1. The van der Waals surface area contributed by atoms with Crippen molar-refractivity contribution >= 4 is 45.7 Å². The van der Waals surface area contributed by atoms with Gasteiger partial charge in [0.2, 0.25) is 11.0 Å². The lowest BCUT2D eigenvalue weighted by molar-refractivity contribution is -0.111. The van der Waals surface area contributed by atoms with Gasteiger partial charge in [0.15, 0.2) is 4.34 Å². The molecule has 1 aliphatic rings. The van der Waals surface area contributed by atoms with Crippen LogP contribution in [0.5, 0.6) is 0 Å². The van der Waals surface area contributed by atoms with Gasteiger partial charge in [0.05, 0.1) is 0 Å². The van der Waals surface area contributed by atoms with E-state index < -0.39 is 0 Å². The fraction of sp³-hybridized carbons (Fsp3) is 0.278. The number of nitrogens with zero attached hydrogens (tertiary/aromatic N) is 2. The highest BCUT2D eigenvalue weighted by Crippen LogP contribution is 2.30. The van der Waals surface area contributed by atoms with Gasteiger partial charge in [-0.15, -0.1) is 10.2 Å². The van der Waals surface area contributed by atoms with Gasteiger partial charge in [0.1, 0.15) is 0 Å². The number of allylic oxidation sites excluding steroid dienone is 3. The molecule has 1 heterocycles. The molecule has 4 nitrogen and oxygen atoms in total. The van der Waals surface area contributed by atoms with E-state index in [1.165, 1.54) is 11.3 Å². The molecule has 25 heavy (non-hydrogen) atoms. The van der Waals surface area contributed by atoms with Crippen LogP contribution in [0.2, 0.25) is 5.02 Å².